The monoisotopic (exact) mass is 458 g/mol. The van der Waals surface area contributed by atoms with Crippen LogP contribution in [0, 0.1) is 0 Å². The molecule has 1 aliphatic carbocycles. The number of nitrogens with one attached hydrogen (secondary N) is 1. The van der Waals surface area contributed by atoms with Crippen LogP contribution in [0.4, 0.5) is 0 Å². The van der Waals surface area contributed by atoms with Gasteiger partial charge in [0.05, 0.1) is 11.6 Å². The summed E-state index contributed by atoms with van der Waals surface area (Å²) in [4.78, 5) is 0. The highest BCUT2D eigenvalue weighted by molar-refractivity contribution is 9.10. The van der Waals surface area contributed by atoms with Crippen LogP contribution < -0.4 is 27.2 Å². The van der Waals surface area contributed by atoms with Gasteiger partial charge in [0.2, 0.25) is 0 Å². The number of hydrogen-bond donors (Lipinski definition) is 1. The van der Waals surface area contributed by atoms with Crippen molar-refractivity contribution in [1.29, 1.82) is 0 Å². The number of rotatable bonds is 7. The second-order valence-electron chi connectivity index (χ2n) is 6.35. The average Bonchev–Trinajstić information content (AvgIpc) is 3.13. The molecule has 0 unspecified atom stereocenters. The fourth-order valence-corrected chi connectivity index (χ4v) is 3.97. The third kappa shape index (κ3) is 5.53. The Kier molecular flexibility index (Phi) is 8.55. The summed E-state index contributed by atoms with van der Waals surface area (Å²) in [6, 6.07) is 12.5. The molecular weight excluding hydrogens is 437 g/mol. The van der Waals surface area contributed by atoms with Gasteiger partial charge in [-0.3, -0.25) is 0 Å². The predicted molar refractivity (Wildman–Crippen MR) is 106 cm³/mol. The highest BCUT2D eigenvalue weighted by Crippen LogP contribution is 2.37. The lowest BCUT2D eigenvalue weighted by atomic mass is 10.1. The largest absolute Gasteiger partial charge is 1.00 e. The molecule has 1 fully saturated rings. The van der Waals surface area contributed by atoms with E-state index < -0.39 is 0 Å². The number of methoxy groups -OCH3 is 1. The molecule has 0 heterocycles. The molecule has 142 valence electrons. The second kappa shape index (κ2) is 10.4. The third-order valence-corrected chi connectivity index (χ3v) is 5.53. The van der Waals surface area contributed by atoms with Crippen LogP contribution in [0.5, 0.6) is 11.5 Å². The van der Waals surface area contributed by atoms with E-state index in [1.165, 1.54) is 31.2 Å². The van der Waals surface area contributed by atoms with Crippen molar-refractivity contribution in [3.05, 3.63) is 57.0 Å². The first-order chi connectivity index (χ1) is 12.2. The summed E-state index contributed by atoms with van der Waals surface area (Å²) < 4.78 is 12.4. The molecule has 0 aliphatic heterocycles. The van der Waals surface area contributed by atoms with E-state index in [1.807, 2.05) is 30.3 Å². The molecule has 0 spiro atoms. The van der Waals surface area contributed by atoms with Crippen molar-refractivity contribution < 1.29 is 21.9 Å². The first-order valence-electron chi connectivity index (χ1n) is 8.63. The minimum Gasteiger partial charge on any atom is -1.00 e. The van der Waals surface area contributed by atoms with Gasteiger partial charge < -0.3 is 27.2 Å². The van der Waals surface area contributed by atoms with E-state index in [9.17, 15) is 0 Å². The highest BCUT2D eigenvalue weighted by Gasteiger charge is 2.16. The lowest BCUT2D eigenvalue weighted by molar-refractivity contribution is -0.00000551. The van der Waals surface area contributed by atoms with Gasteiger partial charge in [-0.15, -0.1) is 0 Å². The smallest absolute Gasteiger partial charge is 0.175 e. The number of hydrogen-bond acceptors (Lipinski definition) is 3. The maximum absolute atomic E-state index is 6.20. The van der Waals surface area contributed by atoms with E-state index in [-0.39, 0.29) is 12.4 Å². The fourth-order valence-electron chi connectivity index (χ4n) is 3.17. The third-order valence-electron chi connectivity index (χ3n) is 4.57. The van der Waals surface area contributed by atoms with Crippen LogP contribution in [0.15, 0.2) is 40.9 Å². The van der Waals surface area contributed by atoms with Gasteiger partial charge in [-0.25, -0.2) is 0 Å². The number of ether oxygens (including phenoxy) is 2. The van der Waals surface area contributed by atoms with Crippen molar-refractivity contribution in [2.75, 3.05) is 7.11 Å². The minimum atomic E-state index is 0. The van der Waals surface area contributed by atoms with Crippen LogP contribution in [0.25, 0.3) is 0 Å². The molecule has 0 bridgehead atoms. The maximum Gasteiger partial charge on any atom is 0.175 e. The molecule has 0 amide bonds. The van der Waals surface area contributed by atoms with Gasteiger partial charge in [0.25, 0.3) is 0 Å². The van der Waals surface area contributed by atoms with Crippen molar-refractivity contribution in [2.24, 2.45) is 0 Å². The van der Waals surface area contributed by atoms with Gasteiger partial charge in [-0.2, -0.15) is 0 Å². The summed E-state index contributed by atoms with van der Waals surface area (Å²) in [6.07, 6.45) is 5.22. The van der Waals surface area contributed by atoms with Crippen LogP contribution in [-0.2, 0) is 13.2 Å². The Morgan fingerprint density at radius 3 is 2.62 bits per heavy atom. The van der Waals surface area contributed by atoms with E-state index in [4.69, 9.17) is 21.1 Å². The van der Waals surface area contributed by atoms with Gasteiger partial charge in [0.1, 0.15) is 6.61 Å². The molecule has 6 heteroatoms. The average molecular weight is 460 g/mol. The number of benzene rings is 2. The van der Waals surface area contributed by atoms with Crippen LogP contribution in [0.3, 0.4) is 0 Å². The molecule has 1 aliphatic rings. The van der Waals surface area contributed by atoms with E-state index >= 15 is 0 Å². The summed E-state index contributed by atoms with van der Waals surface area (Å²) in [5.74, 6) is 1.43. The minimum absolute atomic E-state index is 0. The molecule has 3 nitrogen and oxygen atoms in total. The van der Waals surface area contributed by atoms with Crippen LogP contribution in [0.1, 0.15) is 36.8 Å². The Morgan fingerprint density at radius 1 is 1.19 bits per heavy atom. The molecule has 1 N–H and O–H groups in total. The lowest BCUT2D eigenvalue weighted by Crippen LogP contribution is -3.00. The Morgan fingerprint density at radius 2 is 1.92 bits per heavy atom. The van der Waals surface area contributed by atoms with Crippen molar-refractivity contribution in [3.8, 4) is 11.5 Å². The molecule has 0 radical (unpaired) electrons. The van der Waals surface area contributed by atoms with Crippen LogP contribution in [0.2, 0.25) is 5.02 Å². The van der Waals surface area contributed by atoms with E-state index in [0.29, 0.717) is 23.4 Å². The van der Waals surface area contributed by atoms with Gasteiger partial charge >= 0.3 is 0 Å². The molecule has 0 atom stereocenters. The van der Waals surface area contributed by atoms with Crippen molar-refractivity contribution >= 4 is 27.5 Å². The zero-order valence-electron chi connectivity index (χ0n) is 14.7. The topological polar surface area (TPSA) is 30.5 Å². The summed E-state index contributed by atoms with van der Waals surface area (Å²) in [5, 5.41) is 4.33. The highest BCUT2D eigenvalue weighted by atomic mass is 79.9. The zero-order chi connectivity index (χ0) is 17.6. The molecule has 2 aromatic carbocycles. The molecule has 2 aromatic rings. The second-order valence-corrected chi connectivity index (χ2v) is 7.61. The quantitative estimate of drug-likeness (QED) is 0.690. The van der Waals surface area contributed by atoms with E-state index in [1.54, 1.807) is 7.11 Å². The number of halogens is 3. The fraction of sp³-hybridized carbons (Fsp3) is 0.400. The van der Waals surface area contributed by atoms with E-state index in [0.717, 1.165) is 22.3 Å². The van der Waals surface area contributed by atoms with Crippen molar-refractivity contribution in [2.45, 2.75) is 44.9 Å². The summed E-state index contributed by atoms with van der Waals surface area (Å²) in [7, 11) is 1.66. The predicted octanol–water partition coefficient (Wildman–Crippen LogP) is 2.73. The SMILES string of the molecule is COc1cc(CNC2CCCC2)cc(Br)c1OCc1ccccc1Cl.[Cl-]. The van der Waals surface area contributed by atoms with Gasteiger partial charge in [0, 0.05) is 23.2 Å². The first kappa shape index (κ1) is 21.4. The van der Waals surface area contributed by atoms with Crippen molar-refractivity contribution in [3.63, 3.8) is 0 Å². The Balaban J connectivity index is 0.00000243. The summed E-state index contributed by atoms with van der Waals surface area (Å²) >= 11 is 9.82. The Hall–Kier alpha value is -0.940. The first-order valence-corrected chi connectivity index (χ1v) is 9.80. The Labute approximate surface area is 175 Å². The van der Waals surface area contributed by atoms with Gasteiger partial charge in [-0.1, -0.05) is 42.6 Å². The standard InChI is InChI=1S/C20H23BrClNO2.ClH/c1-24-19-11-14(12-23-16-7-3-4-8-16)10-17(21)20(19)25-13-15-6-2-5-9-18(15)22;/h2,5-6,9-11,16,23H,3-4,7-8,12-13H2,1H3;1H/p-1. The van der Waals surface area contributed by atoms with Crippen LogP contribution >= 0.6 is 27.5 Å². The Bertz CT molecular complexity index is 721. The van der Waals surface area contributed by atoms with Crippen molar-refractivity contribution in [1.82, 2.24) is 5.32 Å². The van der Waals surface area contributed by atoms with Crippen LogP contribution in [-0.4, -0.2) is 13.2 Å². The van der Waals surface area contributed by atoms with Gasteiger partial charge in [-0.05, 0) is 52.5 Å². The lowest BCUT2D eigenvalue weighted by Gasteiger charge is -2.16. The summed E-state index contributed by atoms with van der Waals surface area (Å²) in [5.41, 5.74) is 2.13. The van der Waals surface area contributed by atoms with Gasteiger partial charge in [0.15, 0.2) is 11.5 Å². The molecule has 0 saturated heterocycles. The van der Waals surface area contributed by atoms with E-state index in [2.05, 4.69) is 27.3 Å². The maximum atomic E-state index is 6.20. The summed E-state index contributed by atoms with van der Waals surface area (Å²) in [6.45, 7) is 1.23. The molecule has 1 saturated carbocycles. The molecule has 0 aromatic heterocycles. The normalized spacial score (nSPS) is 14.1. The molecular formula is C20H23BrCl2NO2-. The molecule has 26 heavy (non-hydrogen) atoms. The molecule has 3 rings (SSSR count). The zero-order valence-corrected chi connectivity index (χ0v) is 17.8.